The van der Waals surface area contributed by atoms with E-state index in [9.17, 15) is 0 Å². The van der Waals surface area contributed by atoms with Crippen LogP contribution in [-0.4, -0.2) is 30.3 Å². The van der Waals surface area contributed by atoms with Gasteiger partial charge in [-0.3, -0.25) is 0 Å². The van der Waals surface area contributed by atoms with Crippen LogP contribution in [0.25, 0.3) is 0 Å². The van der Waals surface area contributed by atoms with Gasteiger partial charge in [0, 0.05) is 17.8 Å². The van der Waals surface area contributed by atoms with Crippen LogP contribution >= 0.6 is 11.6 Å². The third kappa shape index (κ3) is 3.28. The second-order valence-corrected chi connectivity index (χ2v) is 1.57. The molecule has 0 saturated carbocycles. The minimum absolute atomic E-state index is 0.440. The SMILES string of the molecule is [2H]C([2H])(Cl)C([2H])([2H])N(CC)CC. The van der Waals surface area contributed by atoms with E-state index in [4.69, 9.17) is 17.1 Å². The zero-order valence-corrected chi connectivity index (χ0v) is 6.00. The van der Waals surface area contributed by atoms with Gasteiger partial charge in [-0.2, -0.15) is 0 Å². The largest absolute Gasteiger partial charge is 0.303 e. The molecular formula is C6H14ClN. The van der Waals surface area contributed by atoms with Crippen molar-refractivity contribution in [2.24, 2.45) is 0 Å². The Morgan fingerprint density at radius 3 is 2.12 bits per heavy atom. The smallest absolute Gasteiger partial charge is 0.0449 e. The van der Waals surface area contributed by atoms with Crippen molar-refractivity contribution in [2.75, 3.05) is 25.4 Å². The predicted molar refractivity (Wildman–Crippen MR) is 38.5 cm³/mol. The molecule has 0 saturated heterocycles. The van der Waals surface area contributed by atoms with Gasteiger partial charge in [-0.05, 0) is 13.1 Å². The highest BCUT2D eigenvalue weighted by Crippen LogP contribution is 1.86. The zero-order valence-electron chi connectivity index (χ0n) is 9.24. The van der Waals surface area contributed by atoms with Crippen LogP contribution in [0, 0.1) is 0 Å². The Bertz CT molecular complexity index is 141. The molecular weight excluding hydrogens is 122 g/mol. The number of alkyl halides is 1. The number of halogens is 1. The lowest BCUT2D eigenvalue weighted by molar-refractivity contribution is 0.323. The molecule has 0 aliphatic heterocycles. The van der Waals surface area contributed by atoms with Gasteiger partial charge in [-0.15, -0.1) is 11.6 Å². The van der Waals surface area contributed by atoms with Crippen LogP contribution in [0.3, 0.4) is 0 Å². The molecule has 0 N–H and O–H groups in total. The number of hydrogen-bond donors (Lipinski definition) is 0. The zero-order chi connectivity index (χ0) is 9.99. The van der Waals surface area contributed by atoms with E-state index in [0.717, 1.165) is 0 Å². The molecule has 0 aliphatic rings. The van der Waals surface area contributed by atoms with Gasteiger partial charge in [-0.1, -0.05) is 13.8 Å². The monoisotopic (exact) mass is 139 g/mol. The van der Waals surface area contributed by atoms with Crippen LogP contribution in [0.2, 0.25) is 0 Å². The third-order valence-corrected chi connectivity index (χ3v) is 1.05. The molecule has 0 heterocycles. The normalized spacial score (nSPS) is 21.5. The van der Waals surface area contributed by atoms with E-state index in [1.54, 1.807) is 13.8 Å². The van der Waals surface area contributed by atoms with E-state index < -0.39 is 12.3 Å². The summed E-state index contributed by atoms with van der Waals surface area (Å²) in [6, 6.07) is 0. The third-order valence-electron chi connectivity index (χ3n) is 0.964. The summed E-state index contributed by atoms with van der Waals surface area (Å²) in [6.07, 6.45) is 0. The highest BCUT2D eigenvalue weighted by molar-refractivity contribution is 6.18. The van der Waals surface area contributed by atoms with Crippen LogP contribution in [0.1, 0.15) is 19.3 Å². The molecule has 1 nitrogen and oxygen atoms in total. The van der Waals surface area contributed by atoms with Crippen molar-refractivity contribution in [3.8, 4) is 0 Å². The van der Waals surface area contributed by atoms with Gasteiger partial charge >= 0.3 is 0 Å². The molecule has 0 aromatic heterocycles. The Balaban J connectivity index is 4.57. The first kappa shape index (κ1) is 3.43. The molecule has 0 atom stereocenters. The fourth-order valence-electron chi connectivity index (χ4n) is 0.441. The maximum atomic E-state index is 7.42. The van der Waals surface area contributed by atoms with Crippen molar-refractivity contribution < 1.29 is 5.48 Å². The van der Waals surface area contributed by atoms with Gasteiger partial charge in [0.1, 0.15) is 0 Å². The van der Waals surface area contributed by atoms with Crippen molar-refractivity contribution in [1.29, 1.82) is 0 Å². The number of nitrogens with zero attached hydrogens (tertiary/aromatic N) is 1. The van der Waals surface area contributed by atoms with Crippen molar-refractivity contribution >= 4 is 11.6 Å². The standard InChI is InChI=1S/C6H14ClN/c1-3-8(4-2)6-5-7/h3-6H2,1-2H3/i5D2,6D2. The molecule has 0 aromatic carbocycles. The van der Waals surface area contributed by atoms with Gasteiger partial charge in [0.15, 0.2) is 0 Å². The maximum Gasteiger partial charge on any atom is 0.0449 e. The first-order chi connectivity index (χ1) is 5.27. The maximum absolute atomic E-state index is 7.42. The Kier molecular flexibility index (Phi) is 2.31. The van der Waals surface area contributed by atoms with Crippen LogP contribution in [0.15, 0.2) is 0 Å². The molecule has 0 bridgehead atoms. The second-order valence-electron chi connectivity index (χ2n) is 1.38. The lowest BCUT2D eigenvalue weighted by Crippen LogP contribution is -2.24. The lowest BCUT2D eigenvalue weighted by Gasteiger charge is -2.14. The van der Waals surface area contributed by atoms with Crippen LogP contribution < -0.4 is 0 Å². The molecule has 50 valence electrons. The summed E-state index contributed by atoms with van der Waals surface area (Å²) < 4.78 is 29.0. The summed E-state index contributed by atoms with van der Waals surface area (Å²) in [6.45, 7) is 2.30. The average Bonchev–Trinajstić information content (AvgIpc) is 1.87. The summed E-state index contributed by atoms with van der Waals surface area (Å²) >= 11 is 5.29. The molecule has 0 amide bonds. The Hall–Kier alpha value is 0.250. The molecule has 0 rings (SSSR count). The van der Waals surface area contributed by atoms with E-state index in [1.165, 1.54) is 4.90 Å². The molecule has 8 heavy (non-hydrogen) atoms. The van der Waals surface area contributed by atoms with Gasteiger partial charge in [0.2, 0.25) is 0 Å². The van der Waals surface area contributed by atoms with E-state index in [2.05, 4.69) is 0 Å². The Morgan fingerprint density at radius 1 is 1.50 bits per heavy atom. The molecule has 0 aliphatic carbocycles. The fraction of sp³-hybridized carbons (Fsp3) is 1.00. The van der Waals surface area contributed by atoms with E-state index >= 15 is 0 Å². The van der Waals surface area contributed by atoms with Crippen molar-refractivity contribution in [3.63, 3.8) is 0 Å². The molecule has 0 radical (unpaired) electrons. The molecule has 0 aromatic rings. The van der Waals surface area contributed by atoms with Gasteiger partial charge in [-0.25, -0.2) is 0 Å². The van der Waals surface area contributed by atoms with Gasteiger partial charge < -0.3 is 4.90 Å². The summed E-state index contributed by atoms with van der Waals surface area (Å²) in [7, 11) is 0. The summed E-state index contributed by atoms with van der Waals surface area (Å²) in [4.78, 5) is 1.35. The van der Waals surface area contributed by atoms with E-state index in [1.807, 2.05) is 0 Å². The number of hydrogen-bond acceptors (Lipinski definition) is 1. The van der Waals surface area contributed by atoms with Crippen LogP contribution in [-0.2, 0) is 0 Å². The summed E-state index contributed by atoms with van der Waals surface area (Å²) in [5, 5.41) is 0. The van der Waals surface area contributed by atoms with Crippen LogP contribution in [0.4, 0.5) is 0 Å². The predicted octanol–water partition coefficient (Wildman–Crippen LogP) is 1.57. The molecule has 2 heteroatoms. The van der Waals surface area contributed by atoms with Crippen molar-refractivity contribution in [3.05, 3.63) is 0 Å². The van der Waals surface area contributed by atoms with Crippen molar-refractivity contribution in [1.82, 2.24) is 4.90 Å². The van der Waals surface area contributed by atoms with E-state index in [0.29, 0.717) is 13.1 Å². The summed E-state index contributed by atoms with van der Waals surface area (Å²) in [5.74, 6) is -2.35. The van der Waals surface area contributed by atoms with Gasteiger partial charge in [0.05, 0.1) is 0 Å². The molecule has 0 spiro atoms. The minimum Gasteiger partial charge on any atom is -0.303 e. The fourth-order valence-corrected chi connectivity index (χ4v) is 0.561. The number of rotatable bonds is 4. The topological polar surface area (TPSA) is 3.24 Å². The second kappa shape index (κ2) is 5.39. The van der Waals surface area contributed by atoms with Gasteiger partial charge in [0.25, 0.3) is 0 Å². The minimum atomic E-state index is -2.35. The Labute approximate surface area is 62.2 Å². The average molecular weight is 140 g/mol. The summed E-state index contributed by atoms with van der Waals surface area (Å²) in [5.41, 5.74) is 0. The lowest BCUT2D eigenvalue weighted by atomic mass is 10.5. The Morgan fingerprint density at radius 2 is 2.00 bits per heavy atom. The van der Waals surface area contributed by atoms with Crippen LogP contribution in [0.5, 0.6) is 0 Å². The highest BCUT2D eigenvalue weighted by atomic mass is 35.5. The molecule has 0 unspecified atom stereocenters. The van der Waals surface area contributed by atoms with E-state index in [-0.39, 0.29) is 0 Å². The first-order valence-electron chi connectivity index (χ1n) is 4.71. The first-order valence-corrected chi connectivity index (χ1v) is 3.09. The molecule has 0 fully saturated rings. The quantitative estimate of drug-likeness (QED) is 0.535. The van der Waals surface area contributed by atoms with Crippen molar-refractivity contribution in [2.45, 2.75) is 13.8 Å². The highest BCUT2D eigenvalue weighted by Gasteiger charge is 1.93.